The lowest BCUT2D eigenvalue weighted by atomic mass is 10.0. The summed E-state index contributed by atoms with van der Waals surface area (Å²) in [6, 6.07) is 23.1. The Morgan fingerprint density at radius 1 is 1.03 bits per heavy atom. The van der Waals surface area contributed by atoms with Crippen molar-refractivity contribution < 1.29 is 4.79 Å². The molecular weight excluding hydrogens is 398 g/mol. The van der Waals surface area contributed by atoms with Crippen LogP contribution in [0.4, 0.5) is 5.69 Å². The third-order valence-corrected chi connectivity index (χ3v) is 5.30. The molecule has 1 heterocycles. The van der Waals surface area contributed by atoms with E-state index in [0.29, 0.717) is 17.8 Å². The van der Waals surface area contributed by atoms with Crippen molar-refractivity contribution in [3.05, 3.63) is 107 Å². The number of amides is 1. The first-order valence-electron chi connectivity index (χ1n) is 10.4. The van der Waals surface area contributed by atoms with Gasteiger partial charge in [-0.1, -0.05) is 42.5 Å². The molecule has 6 nitrogen and oxygen atoms in total. The Kier molecular flexibility index (Phi) is 6.12. The van der Waals surface area contributed by atoms with Gasteiger partial charge in [0.05, 0.1) is 12.8 Å². The number of nitrogen functional groups attached to an aromatic ring is 1. The Labute approximate surface area is 187 Å². The Bertz CT molecular complexity index is 1260. The van der Waals surface area contributed by atoms with Crippen molar-refractivity contribution in [3.63, 3.8) is 0 Å². The molecule has 0 aliphatic rings. The maximum absolute atomic E-state index is 12.3. The quantitative estimate of drug-likeness (QED) is 0.271. The molecule has 0 radical (unpaired) electrons. The zero-order chi connectivity index (χ0) is 22.5. The van der Waals surface area contributed by atoms with E-state index in [-0.39, 0.29) is 5.91 Å². The maximum Gasteiger partial charge on any atom is 0.271 e. The molecule has 0 aliphatic heterocycles. The minimum atomic E-state index is -0.300. The summed E-state index contributed by atoms with van der Waals surface area (Å²) in [6.07, 6.45) is 3.57. The van der Waals surface area contributed by atoms with Gasteiger partial charge in [0.1, 0.15) is 5.69 Å². The summed E-state index contributed by atoms with van der Waals surface area (Å²) in [5.74, 6) is -0.300. The fraction of sp³-hybridized carbons (Fsp3) is 0.115. The number of hydrazone groups is 1. The molecule has 0 bridgehead atoms. The van der Waals surface area contributed by atoms with Crippen LogP contribution in [0.1, 0.15) is 32.6 Å². The van der Waals surface area contributed by atoms with Gasteiger partial charge in [0, 0.05) is 28.6 Å². The lowest BCUT2D eigenvalue weighted by Gasteiger charge is -2.04. The van der Waals surface area contributed by atoms with Gasteiger partial charge in [0.2, 0.25) is 0 Å². The van der Waals surface area contributed by atoms with Crippen molar-refractivity contribution in [1.29, 1.82) is 0 Å². The van der Waals surface area contributed by atoms with Crippen LogP contribution in [0.15, 0.2) is 84.1 Å². The van der Waals surface area contributed by atoms with Crippen LogP contribution in [0.25, 0.3) is 11.3 Å². The lowest BCUT2D eigenvalue weighted by Crippen LogP contribution is -2.17. The topological polar surface area (TPSA) is 85.3 Å². The van der Waals surface area contributed by atoms with Crippen molar-refractivity contribution in [2.75, 3.05) is 5.73 Å². The second-order valence-electron chi connectivity index (χ2n) is 7.74. The van der Waals surface area contributed by atoms with Gasteiger partial charge in [-0.25, -0.2) is 5.43 Å². The zero-order valence-corrected chi connectivity index (χ0v) is 18.1. The third kappa shape index (κ3) is 4.92. The van der Waals surface area contributed by atoms with Crippen LogP contribution in [0.2, 0.25) is 0 Å². The molecular formula is C26H25N5O. The number of hydrogen-bond acceptors (Lipinski definition) is 4. The number of benzene rings is 3. The van der Waals surface area contributed by atoms with Crippen LogP contribution in [0.5, 0.6) is 0 Å². The molecule has 4 aromatic rings. The second-order valence-corrected chi connectivity index (χ2v) is 7.74. The van der Waals surface area contributed by atoms with Crippen molar-refractivity contribution in [3.8, 4) is 11.3 Å². The monoisotopic (exact) mass is 423 g/mol. The van der Waals surface area contributed by atoms with Gasteiger partial charge < -0.3 is 5.73 Å². The lowest BCUT2D eigenvalue weighted by molar-refractivity contribution is 0.0955. The molecule has 0 spiro atoms. The largest absolute Gasteiger partial charge is 0.399 e. The summed E-state index contributed by atoms with van der Waals surface area (Å²) in [4.78, 5) is 12.3. The maximum atomic E-state index is 12.3. The Morgan fingerprint density at radius 3 is 2.50 bits per heavy atom. The van der Waals surface area contributed by atoms with Gasteiger partial charge in [-0.15, -0.1) is 0 Å². The van der Waals surface area contributed by atoms with E-state index in [4.69, 9.17) is 10.8 Å². The first-order chi connectivity index (χ1) is 15.5. The highest BCUT2D eigenvalue weighted by Gasteiger charge is 2.12. The van der Waals surface area contributed by atoms with E-state index >= 15 is 0 Å². The number of anilines is 1. The Balaban J connectivity index is 1.61. The fourth-order valence-corrected chi connectivity index (χ4v) is 3.36. The van der Waals surface area contributed by atoms with Gasteiger partial charge in [0.15, 0.2) is 0 Å². The van der Waals surface area contributed by atoms with Crippen LogP contribution in [-0.2, 0) is 6.54 Å². The van der Waals surface area contributed by atoms with E-state index < -0.39 is 0 Å². The molecule has 6 heteroatoms. The van der Waals surface area contributed by atoms with Crippen LogP contribution in [0, 0.1) is 13.8 Å². The number of nitrogens with two attached hydrogens (primary N) is 1. The van der Waals surface area contributed by atoms with Crippen LogP contribution in [-0.4, -0.2) is 21.9 Å². The summed E-state index contributed by atoms with van der Waals surface area (Å²) in [5, 5.41) is 8.99. The number of aromatic nitrogens is 2. The fourth-order valence-electron chi connectivity index (χ4n) is 3.36. The van der Waals surface area contributed by atoms with Crippen molar-refractivity contribution in [2.24, 2.45) is 5.10 Å². The van der Waals surface area contributed by atoms with Gasteiger partial charge in [-0.05, 0) is 60.9 Å². The summed E-state index contributed by atoms with van der Waals surface area (Å²) in [7, 11) is 0. The number of carbonyl (C=O) groups is 1. The van der Waals surface area contributed by atoms with Gasteiger partial charge in [-0.2, -0.15) is 10.2 Å². The molecule has 0 saturated heterocycles. The van der Waals surface area contributed by atoms with E-state index in [0.717, 1.165) is 22.4 Å². The standard InChI is InChI=1S/C26H25N5O/c1-18-8-9-22(14-19(18)2)25-23(17-31(30-25)16-20-6-4-3-5-7-20)15-28-29-26(32)21-10-12-24(27)13-11-21/h3-15,17H,16,27H2,1-2H3,(H,29,32)/b28-15-. The van der Waals surface area contributed by atoms with Crippen molar-refractivity contribution >= 4 is 17.8 Å². The molecule has 1 amide bonds. The average Bonchev–Trinajstić information content (AvgIpc) is 3.19. The van der Waals surface area contributed by atoms with Crippen molar-refractivity contribution in [2.45, 2.75) is 20.4 Å². The third-order valence-electron chi connectivity index (χ3n) is 5.30. The number of carbonyl (C=O) groups excluding carboxylic acids is 1. The van der Waals surface area contributed by atoms with E-state index in [1.165, 1.54) is 11.1 Å². The number of aryl methyl sites for hydroxylation is 2. The molecule has 160 valence electrons. The second kappa shape index (κ2) is 9.31. The highest BCUT2D eigenvalue weighted by Crippen LogP contribution is 2.24. The highest BCUT2D eigenvalue weighted by atomic mass is 16.2. The van der Waals surface area contributed by atoms with Gasteiger partial charge in [-0.3, -0.25) is 9.48 Å². The SMILES string of the molecule is Cc1ccc(-c2nn(Cc3ccccc3)cc2/C=N\NC(=O)c2ccc(N)cc2)cc1C. The summed E-state index contributed by atoms with van der Waals surface area (Å²) < 4.78 is 1.89. The predicted molar refractivity (Wildman–Crippen MR) is 129 cm³/mol. The normalized spacial score (nSPS) is 11.1. The highest BCUT2D eigenvalue weighted by molar-refractivity contribution is 5.95. The molecule has 4 rings (SSSR count). The molecule has 1 aromatic heterocycles. The van der Waals surface area contributed by atoms with Crippen molar-refractivity contribution in [1.82, 2.24) is 15.2 Å². The summed E-state index contributed by atoms with van der Waals surface area (Å²) in [6.45, 7) is 4.81. The van der Waals surface area contributed by atoms with Gasteiger partial charge in [0.25, 0.3) is 5.91 Å². The van der Waals surface area contributed by atoms with Crippen LogP contribution < -0.4 is 11.2 Å². The van der Waals surface area contributed by atoms with E-state index in [9.17, 15) is 4.79 Å². The van der Waals surface area contributed by atoms with Crippen LogP contribution >= 0.6 is 0 Å². The number of hydrogen-bond donors (Lipinski definition) is 2. The molecule has 3 N–H and O–H groups in total. The minimum absolute atomic E-state index is 0.300. The molecule has 32 heavy (non-hydrogen) atoms. The number of nitrogens with zero attached hydrogens (tertiary/aromatic N) is 3. The van der Waals surface area contributed by atoms with E-state index in [2.05, 4.69) is 54.7 Å². The molecule has 0 fully saturated rings. The molecule has 0 saturated carbocycles. The predicted octanol–water partition coefficient (Wildman–Crippen LogP) is 4.56. The summed E-state index contributed by atoms with van der Waals surface area (Å²) in [5.41, 5.74) is 15.6. The number of rotatable bonds is 6. The Hall–Kier alpha value is -4.19. The van der Waals surface area contributed by atoms with Crippen LogP contribution in [0.3, 0.4) is 0 Å². The minimum Gasteiger partial charge on any atom is -0.399 e. The first-order valence-corrected chi connectivity index (χ1v) is 10.4. The molecule has 0 atom stereocenters. The van der Waals surface area contributed by atoms with E-state index in [1.807, 2.05) is 29.1 Å². The zero-order valence-electron chi connectivity index (χ0n) is 18.1. The van der Waals surface area contributed by atoms with E-state index in [1.54, 1.807) is 30.5 Å². The smallest absolute Gasteiger partial charge is 0.271 e. The Morgan fingerprint density at radius 2 is 1.78 bits per heavy atom. The van der Waals surface area contributed by atoms with Gasteiger partial charge >= 0.3 is 0 Å². The molecule has 3 aromatic carbocycles. The first kappa shape index (κ1) is 21.1. The number of nitrogens with one attached hydrogen (secondary N) is 1. The summed E-state index contributed by atoms with van der Waals surface area (Å²) >= 11 is 0. The molecule has 0 aliphatic carbocycles. The molecule has 0 unspecified atom stereocenters. The average molecular weight is 424 g/mol.